The van der Waals surface area contributed by atoms with Crippen LogP contribution in [0.25, 0.3) is 0 Å². The van der Waals surface area contributed by atoms with E-state index in [-0.39, 0.29) is 11.0 Å². The largest absolute Gasteiger partial charge is 0.323 e. The van der Waals surface area contributed by atoms with Gasteiger partial charge in [0.25, 0.3) is 0 Å². The first kappa shape index (κ1) is 14.5. The molecule has 1 unspecified atom stereocenters. The average molecular weight is 281 g/mol. The molecule has 0 radical (unpaired) electrons. The molecule has 0 saturated heterocycles. The van der Waals surface area contributed by atoms with Crippen molar-refractivity contribution >= 4 is 9.84 Å². The smallest absolute Gasteiger partial charge is 0.155 e. The van der Waals surface area contributed by atoms with E-state index < -0.39 is 15.9 Å². The molecule has 3 nitrogen and oxygen atoms in total. The Balaban J connectivity index is 2.09. The Morgan fingerprint density at radius 2 is 1.84 bits per heavy atom. The van der Waals surface area contributed by atoms with Gasteiger partial charge in [0.1, 0.15) is 0 Å². The van der Waals surface area contributed by atoms with E-state index in [1.54, 1.807) is 0 Å². The first-order chi connectivity index (χ1) is 9.00. The fraction of sp³-hybridized carbons (Fsp3) is 0.600. The molecular formula is C15H23NO2S. The van der Waals surface area contributed by atoms with E-state index in [1.807, 2.05) is 31.2 Å². The number of benzene rings is 1. The number of rotatable bonds is 4. The summed E-state index contributed by atoms with van der Waals surface area (Å²) in [6, 6.07) is 7.35. The van der Waals surface area contributed by atoms with Gasteiger partial charge in [0.05, 0.1) is 11.0 Å². The quantitative estimate of drug-likeness (QED) is 0.923. The van der Waals surface area contributed by atoms with Crippen LogP contribution in [0.3, 0.4) is 0 Å². The minimum Gasteiger partial charge on any atom is -0.323 e. The van der Waals surface area contributed by atoms with Crippen LogP contribution in [0.2, 0.25) is 0 Å². The van der Waals surface area contributed by atoms with Gasteiger partial charge in [-0.3, -0.25) is 0 Å². The summed E-state index contributed by atoms with van der Waals surface area (Å²) >= 11 is 0. The molecule has 2 N–H and O–H groups in total. The Bertz CT molecular complexity index is 519. The topological polar surface area (TPSA) is 60.2 Å². The van der Waals surface area contributed by atoms with Gasteiger partial charge in [-0.1, -0.05) is 43.5 Å². The third-order valence-electron chi connectivity index (χ3n) is 4.06. The third kappa shape index (κ3) is 3.57. The molecule has 0 heterocycles. The van der Waals surface area contributed by atoms with E-state index in [9.17, 15) is 8.42 Å². The second-order valence-electron chi connectivity index (χ2n) is 5.55. The molecule has 0 spiro atoms. The van der Waals surface area contributed by atoms with Crippen LogP contribution in [0.15, 0.2) is 24.3 Å². The molecule has 106 valence electrons. The Hall–Kier alpha value is -0.870. The van der Waals surface area contributed by atoms with E-state index in [2.05, 4.69) is 0 Å². The Kier molecular flexibility index (Phi) is 4.63. The summed E-state index contributed by atoms with van der Waals surface area (Å²) in [5.74, 6) is 0.0719. The number of nitrogens with two attached hydrogens (primary N) is 1. The van der Waals surface area contributed by atoms with Crippen LogP contribution in [0.5, 0.6) is 0 Å². The van der Waals surface area contributed by atoms with Gasteiger partial charge in [-0.2, -0.15) is 0 Å². The first-order valence-electron chi connectivity index (χ1n) is 7.03. The second-order valence-corrected chi connectivity index (χ2v) is 7.88. The summed E-state index contributed by atoms with van der Waals surface area (Å²) in [7, 11) is -3.07. The van der Waals surface area contributed by atoms with Gasteiger partial charge in [0.2, 0.25) is 0 Å². The molecule has 0 amide bonds. The van der Waals surface area contributed by atoms with Gasteiger partial charge < -0.3 is 5.73 Å². The molecule has 1 saturated carbocycles. The molecule has 0 aliphatic heterocycles. The zero-order chi connectivity index (χ0) is 13.9. The van der Waals surface area contributed by atoms with Gasteiger partial charge in [0, 0.05) is 6.04 Å². The lowest BCUT2D eigenvalue weighted by atomic mass is 10.0. The molecule has 1 atom stereocenters. The Morgan fingerprint density at radius 1 is 1.21 bits per heavy atom. The van der Waals surface area contributed by atoms with Crippen LogP contribution in [0, 0.1) is 6.92 Å². The zero-order valence-electron chi connectivity index (χ0n) is 11.5. The standard InChI is InChI=1S/C15H23NO2S/c1-12-7-5-6-10-14(12)15(16)11-19(17,18)13-8-3-2-4-9-13/h5-7,10,13,15H,2-4,8-9,11,16H2,1H3. The second kappa shape index (κ2) is 6.06. The van der Waals surface area contributed by atoms with E-state index in [0.29, 0.717) is 0 Å². The van der Waals surface area contributed by atoms with Gasteiger partial charge in [-0.05, 0) is 30.9 Å². The van der Waals surface area contributed by atoms with Crippen LogP contribution in [-0.4, -0.2) is 19.4 Å². The molecular weight excluding hydrogens is 258 g/mol. The van der Waals surface area contributed by atoms with Crippen molar-refractivity contribution in [1.29, 1.82) is 0 Å². The molecule has 1 aliphatic carbocycles. The van der Waals surface area contributed by atoms with Crippen molar-refractivity contribution in [2.75, 3.05) is 5.75 Å². The van der Waals surface area contributed by atoms with E-state index >= 15 is 0 Å². The molecule has 0 bridgehead atoms. The molecule has 1 aliphatic rings. The maximum absolute atomic E-state index is 12.4. The van der Waals surface area contributed by atoms with Crippen molar-refractivity contribution in [2.24, 2.45) is 5.73 Å². The van der Waals surface area contributed by atoms with Gasteiger partial charge in [0.15, 0.2) is 9.84 Å². The van der Waals surface area contributed by atoms with Crippen LogP contribution < -0.4 is 5.73 Å². The predicted octanol–water partition coefficient (Wildman–Crippen LogP) is 2.74. The minimum atomic E-state index is -3.07. The number of sulfone groups is 1. The fourth-order valence-corrected chi connectivity index (χ4v) is 4.91. The maximum atomic E-state index is 12.4. The highest BCUT2D eigenvalue weighted by Gasteiger charge is 2.29. The van der Waals surface area contributed by atoms with Crippen LogP contribution >= 0.6 is 0 Å². The van der Waals surface area contributed by atoms with E-state index in [0.717, 1.165) is 43.2 Å². The monoisotopic (exact) mass is 281 g/mol. The lowest BCUT2D eigenvalue weighted by molar-refractivity contribution is 0.481. The summed E-state index contributed by atoms with van der Waals surface area (Å²) in [6.45, 7) is 1.97. The van der Waals surface area contributed by atoms with Crippen molar-refractivity contribution in [3.63, 3.8) is 0 Å². The summed E-state index contributed by atoms with van der Waals surface area (Å²) in [5.41, 5.74) is 8.12. The predicted molar refractivity (Wildman–Crippen MR) is 78.8 cm³/mol. The zero-order valence-corrected chi connectivity index (χ0v) is 12.3. The summed E-state index contributed by atoms with van der Waals surface area (Å²) in [6.07, 6.45) is 4.84. The molecule has 4 heteroatoms. The molecule has 0 aromatic heterocycles. The highest BCUT2D eigenvalue weighted by molar-refractivity contribution is 7.92. The highest BCUT2D eigenvalue weighted by atomic mass is 32.2. The maximum Gasteiger partial charge on any atom is 0.155 e. The highest BCUT2D eigenvalue weighted by Crippen LogP contribution is 2.27. The van der Waals surface area contributed by atoms with Crippen molar-refractivity contribution in [2.45, 2.75) is 50.3 Å². The normalized spacial score (nSPS) is 19.3. The molecule has 2 rings (SSSR count). The first-order valence-corrected chi connectivity index (χ1v) is 8.75. The van der Waals surface area contributed by atoms with Gasteiger partial charge in [-0.15, -0.1) is 0 Å². The van der Waals surface area contributed by atoms with E-state index in [4.69, 9.17) is 5.73 Å². The van der Waals surface area contributed by atoms with Gasteiger partial charge in [-0.25, -0.2) is 8.42 Å². The Labute approximate surface area is 116 Å². The lowest BCUT2D eigenvalue weighted by Crippen LogP contribution is -2.31. The van der Waals surface area contributed by atoms with Crippen LogP contribution in [-0.2, 0) is 9.84 Å². The average Bonchev–Trinajstić information content (AvgIpc) is 2.39. The third-order valence-corrected chi connectivity index (χ3v) is 6.37. The van der Waals surface area contributed by atoms with Crippen molar-refractivity contribution in [1.82, 2.24) is 0 Å². The Morgan fingerprint density at radius 3 is 2.47 bits per heavy atom. The molecule has 19 heavy (non-hydrogen) atoms. The van der Waals surface area contributed by atoms with Crippen molar-refractivity contribution < 1.29 is 8.42 Å². The SMILES string of the molecule is Cc1ccccc1C(N)CS(=O)(=O)C1CCCCC1. The van der Waals surface area contributed by atoms with Gasteiger partial charge >= 0.3 is 0 Å². The number of aryl methyl sites for hydroxylation is 1. The van der Waals surface area contributed by atoms with Crippen molar-refractivity contribution in [3.8, 4) is 0 Å². The minimum absolute atomic E-state index is 0.0719. The molecule has 1 fully saturated rings. The molecule has 1 aromatic carbocycles. The lowest BCUT2D eigenvalue weighted by Gasteiger charge is -2.24. The van der Waals surface area contributed by atoms with E-state index in [1.165, 1.54) is 0 Å². The summed E-state index contributed by atoms with van der Waals surface area (Å²) in [5, 5.41) is -0.170. The summed E-state index contributed by atoms with van der Waals surface area (Å²) < 4.78 is 24.8. The van der Waals surface area contributed by atoms with Crippen LogP contribution in [0.4, 0.5) is 0 Å². The number of hydrogen-bond acceptors (Lipinski definition) is 3. The fourth-order valence-electron chi connectivity index (χ4n) is 2.90. The summed E-state index contributed by atoms with van der Waals surface area (Å²) in [4.78, 5) is 0. The molecule has 1 aromatic rings. The number of hydrogen-bond donors (Lipinski definition) is 1. The van der Waals surface area contributed by atoms with Crippen LogP contribution in [0.1, 0.15) is 49.3 Å². The van der Waals surface area contributed by atoms with Crippen molar-refractivity contribution in [3.05, 3.63) is 35.4 Å².